The van der Waals surface area contributed by atoms with Crippen LogP contribution in [0.3, 0.4) is 0 Å². The number of allylic oxidation sites excluding steroid dienone is 2. The maximum Gasteiger partial charge on any atom is 0.412 e. The molecule has 0 spiro atoms. The van der Waals surface area contributed by atoms with E-state index in [0.29, 0.717) is 11.3 Å². The Kier molecular flexibility index (Phi) is 2.51. The second-order valence-electron chi connectivity index (χ2n) is 4.64. The van der Waals surface area contributed by atoms with Gasteiger partial charge in [0.25, 0.3) is 5.69 Å². The molecule has 0 aliphatic heterocycles. The van der Waals surface area contributed by atoms with Crippen LogP contribution < -0.4 is 10.1 Å². The van der Waals surface area contributed by atoms with E-state index in [1.807, 2.05) is 12.2 Å². The number of ether oxygens (including phenoxy) is 1. The molecule has 1 N–H and O–H groups in total. The van der Waals surface area contributed by atoms with Crippen molar-refractivity contribution >= 4 is 11.8 Å². The highest BCUT2D eigenvalue weighted by Gasteiger charge is 2.40. The number of carbonyl (C=O) groups excluding carboxylic acids is 1. The Morgan fingerprint density at radius 1 is 1.37 bits per heavy atom. The Morgan fingerprint density at radius 3 is 2.68 bits per heavy atom. The van der Waals surface area contributed by atoms with Crippen LogP contribution in [0.1, 0.15) is 29.4 Å². The van der Waals surface area contributed by atoms with Gasteiger partial charge in [0.1, 0.15) is 5.75 Å². The number of rotatable bonds is 2. The molecule has 0 saturated carbocycles. The summed E-state index contributed by atoms with van der Waals surface area (Å²) in [6, 6.07) is 2.91. The van der Waals surface area contributed by atoms with E-state index in [1.165, 1.54) is 19.2 Å². The molecule has 0 aromatic heterocycles. The number of amides is 1. The number of nitrogens with zero attached hydrogens (tertiary/aromatic N) is 1. The number of nitro groups is 1. The summed E-state index contributed by atoms with van der Waals surface area (Å²) in [6.07, 6.45) is 4.27. The normalized spacial score (nSPS) is 22.2. The molecule has 3 rings (SSSR count). The summed E-state index contributed by atoms with van der Waals surface area (Å²) in [5.41, 5.74) is 1.58. The maximum absolute atomic E-state index is 11.3. The quantitative estimate of drug-likeness (QED) is 0.503. The van der Waals surface area contributed by atoms with Crippen LogP contribution in [-0.2, 0) is 0 Å². The zero-order chi connectivity index (χ0) is 13.6. The van der Waals surface area contributed by atoms with E-state index < -0.39 is 6.09 Å². The Balaban J connectivity index is 2.11. The van der Waals surface area contributed by atoms with Crippen LogP contribution >= 0.6 is 0 Å². The van der Waals surface area contributed by atoms with Gasteiger partial charge in [0, 0.05) is 36.1 Å². The fraction of sp³-hybridized carbons (Fsp3) is 0.308. The smallest absolute Gasteiger partial charge is 0.410 e. The standard InChI is InChI=1S/C13H12N2O4/c1-14-13(16)19-10-5-4-9(15(17)18)11-7-2-3-8(6-7)12(10)11/h2-5,7-8H,6H2,1H3,(H,14,16). The van der Waals surface area contributed by atoms with Crippen molar-refractivity contribution in [2.45, 2.75) is 18.3 Å². The van der Waals surface area contributed by atoms with Crippen molar-refractivity contribution in [3.05, 3.63) is 45.5 Å². The SMILES string of the molecule is CNC(=O)Oc1ccc([N+](=O)[O-])c2c1C1C=CC2C1. The van der Waals surface area contributed by atoms with Crippen molar-refractivity contribution < 1.29 is 14.5 Å². The largest absolute Gasteiger partial charge is 0.412 e. The number of nitro benzene ring substituents is 1. The number of nitrogens with one attached hydrogen (secondary N) is 1. The highest BCUT2D eigenvalue weighted by Crippen LogP contribution is 2.54. The molecule has 6 nitrogen and oxygen atoms in total. The number of benzene rings is 1. The lowest BCUT2D eigenvalue weighted by Gasteiger charge is -2.15. The average molecular weight is 260 g/mol. The van der Waals surface area contributed by atoms with Gasteiger partial charge in [-0.05, 0) is 12.5 Å². The Hall–Kier alpha value is -2.37. The van der Waals surface area contributed by atoms with Gasteiger partial charge in [-0.1, -0.05) is 12.2 Å². The number of fused-ring (bicyclic) bond motifs is 5. The highest BCUT2D eigenvalue weighted by atomic mass is 16.6. The lowest BCUT2D eigenvalue weighted by atomic mass is 9.94. The number of hydrogen-bond donors (Lipinski definition) is 1. The van der Waals surface area contributed by atoms with Gasteiger partial charge in [0.05, 0.1) is 4.92 Å². The third kappa shape index (κ3) is 1.68. The Bertz CT molecular complexity index is 609. The first kappa shape index (κ1) is 11.7. The lowest BCUT2D eigenvalue weighted by molar-refractivity contribution is -0.385. The van der Waals surface area contributed by atoms with Crippen molar-refractivity contribution in [2.24, 2.45) is 0 Å². The van der Waals surface area contributed by atoms with Gasteiger partial charge >= 0.3 is 6.09 Å². The zero-order valence-electron chi connectivity index (χ0n) is 10.3. The first-order valence-electron chi connectivity index (χ1n) is 6.01. The van der Waals surface area contributed by atoms with E-state index >= 15 is 0 Å². The fourth-order valence-corrected chi connectivity index (χ4v) is 2.90. The summed E-state index contributed by atoms with van der Waals surface area (Å²) < 4.78 is 5.19. The summed E-state index contributed by atoms with van der Waals surface area (Å²) in [6.45, 7) is 0. The topological polar surface area (TPSA) is 81.5 Å². The molecule has 2 unspecified atom stereocenters. The molecule has 1 aromatic carbocycles. The van der Waals surface area contributed by atoms with E-state index in [1.54, 1.807) is 0 Å². The summed E-state index contributed by atoms with van der Waals surface area (Å²) in [7, 11) is 1.47. The third-order valence-electron chi connectivity index (χ3n) is 3.65. The maximum atomic E-state index is 11.3. The molecule has 2 bridgehead atoms. The van der Waals surface area contributed by atoms with E-state index in [0.717, 1.165) is 12.0 Å². The Labute approximate surface area is 109 Å². The molecule has 0 fully saturated rings. The van der Waals surface area contributed by atoms with Gasteiger partial charge in [-0.2, -0.15) is 0 Å². The molecule has 0 heterocycles. The molecular weight excluding hydrogens is 248 g/mol. The summed E-state index contributed by atoms with van der Waals surface area (Å²) in [5, 5.41) is 13.5. The predicted molar refractivity (Wildman–Crippen MR) is 67.4 cm³/mol. The van der Waals surface area contributed by atoms with E-state index in [-0.39, 0.29) is 22.4 Å². The molecule has 2 aliphatic carbocycles. The van der Waals surface area contributed by atoms with Crippen LogP contribution in [0, 0.1) is 10.1 Å². The minimum Gasteiger partial charge on any atom is -0.410 e. The van der Waals surface area contributed by atoms with Crippen molar-refractivity contribution in [2.75, 3.05) is 7.05 Å². The molecule has 2 aliphatic rings. The van der Waals surface area contributed by atoms with Gasteiger partial charge in [0.15, 0.2) is 0 Å². The van der Waals surface area contributed by atoms with Crippen molar-refractivity contribution in [1.29, 1.82) is 0 Å². The van der Waals surface area contributed by atoms with Gasteiger partial charge in [0.2, 0.25) is 0 Å². The van der Waals surface area contributed by atoms with Gasteiger partial charge < -0.3 is 10.1 Å². The van der Waals surface area contributed by atoms with Gasteiger partial charge in [-0.25, -0.2) is 4.79 Å². The summed E-state index contributed by atoms with van der Waals surface area (Å²) in [4.78, 5) is 22.0. The fourth-order valence-electron chi connectivity index (χ4n) is 2.90. The van der Waals surface area contributed by atoms with Gasteiger partial charge in [-0.3, -0.25) is 10.1 Å². The summed E-state index contributed by atoms with van der Waals surface area (Å²) in [5.74, 6) is 0.588. The van der Waals surface area contributed by atoms with Crippen LogP contribution in [0.25, 0.3) is 0 Å². The lowest BCUT2D eigenvalue weighted by Crippen LogP contribution is -2.23. The van der Waals surface area contributed by atoms with Crippen molar-refractivity contribution in [3.8, 4) is 5.75 Å². The van der Waals surface area contributed by atoms with Gasteiger partial charge in [-0.15, -0.1) is 0 Å². The monoisotopic (exact) mass is 260 g/mol. The van der Waals surface area contributed by atoms with Crippen LogP contribution in [0.4, 0.5) is 10.5 Å². The highest BCUT2D eigenvalue weighted by molar-refractivity contribution is 5.73. The second kappa shape index (κ2) is 4.08. The van der Waals surface area contributed by atoms with Crippen LogP contribution in [0.15, 0.2) is 24.3 Å². The minimum absolute atomic E-state index is 0.0636. The molecule has 98 valence electrons. The Morgan fingerprint density at radius 2 is 2.05 bits per heavy atom. The third-order valence-corrected chi connectivity index (χ3v) is 3.65. The molecule has 1 aromatic rings. The van der Waals surface area contributed by atoms with Crippen LogP contribution in [0.2, 0.25) is 0 Å². The molecule has 0 saturated heterocycles. The molecular formula is C13H12N2O4. The zero-order valence-corrected chi connectivity index (χ0v) is 10.3. The molecule has 19 heavy (non-hydrogen) atoms. The van der Waals surface area contributed by atoms with E-state index in [9.17, 15) is 14.9 Å². The van der Waals surface area contributed by atoms with Crippen LogP contribution in [-0.4, -0.2) is 18.1 Å². The van der Waals surface area contributed by atoms with E-state index in [4.69, 9.17) is 4.74 Å². The molecule has 2 atom stereocenters. The van der Waals surface area contributed by atoms with Crippen molar-refractivity contribution in [1.82, 2.24) is 5.32 Å². The second-order valence-corrected chi connectivity index (χ2v) is 4.64. The summed E-state index contributed by atoms with van der Waals surface area (Å²) >= 11 is 0. The molecule has 0 radical (unpaired) electrons. The number of carbonyl (C=O) groups is 1. The van der Waals surface area contributed by atoms with Crippen molar-refractivity contribution in [3.63, 3.8) is 0 Å². The van der Waals surface area contributed by atoms with E-state index in [2.05, 4.69) is 5.32 Å². The molecule has 1 amide bonds. The first-order chi connectivity index (χ1) is 9.11. The van der Waals surface area contributed by atoms with Crippen LogP contribution in [0.5, 0.6) is 5.75 Å². The predicted octanol–water partition coefficient (Wildman–Crippen LogP) is 2.45. The minimum atomic E-state index is -0.567. The number of hydrogen-bond acceptors (Lipinski definition) is 4. The first-order valence-corrected chi connectivity index (χ1v) is 6.01. The molecule has 6 heteroatoms. The average Bonchev–Trinajstić information content (AvgIpc) is 3.00.